The fourth-order valence-corrected chi connectivity index (χ4v) is 1.57. The van der Waals surface area contributed by atoms with Crippen LogP contribution in [0.2, 0.25) is 0 Å². The lowest BCUT2D eigenvalue weighted by atomic mass is 10.2. The van der Waals surface area contributed by atoms with Crippen LogP contribution in [0.15, 0.2) is 24.3 Å². The zero-order valence-electron chi connectivity index (χ0n) is 12.0. The lowest BCUT2D eigenvalue weighted by molar-refractivity contribution is -0.144. The number of rotatable bonds is 8. The average Bonchev–Trinajstić information content (AvgIpc) is 2.44. The second-order valence-electron chi connectivity index (χ2n) is 4.20. The van der Waals surface area contributed by atoms with Gasteiger partial charge in [-0.2, -0.15) is 0 Å². The summed E-state index contributed by atoms with van der Waals surface area (Å²) < 4.78 is 10.3. The Kier molecular flexibility index (Phi) is 7.17. The molecule has 0 fully saturated rings. The highest BCUT2D eigenvalue weighted by Gasteiger charge is 2.10. The van der Waals surface area contributed by atoms with E-state index in [2.05, 4.69) is 5.32 Å². The number of nitrogens with one attached hydrogen (secondary N) is 1. The average molecular weight is 279 g/mol. The molecule has 1 aromatic carbocycles. The molecule has 0 spiro atoms. The number of hydrogen-bond acceptors (Lipinski definition) is 4. The molecule has 110 valence electrons. The van der Waals surface area contributed by atoms with Crippen molar-refractivity contribution >= 4 is 17.6 Å². The van der Waals surface area contributed by atoms with Gasteiger partial charge in [-0.25, -0.2) is 0 Å². The fourth-order valence-electron chi connectivity index (χ4n) is 1.57. The number of anilines is 1. The van der Waals surface area contributed by atoms with Crippen LogP contribution >= 0.6 is 0 Å². The molecule has 0 saturated carbocycles. The van der Waals surface area contributed by atoms with E-state index in [1.165, 1.54) is 0 Å². The van der Waals surface area contributed by atoms with Crippen LogP contribution in [0.5, 0.6) is 5.75 Å². The number of carbonyl (C=O) groups excluding carboxylic acids is 2. The molecule has 5 nitrogen and oxygen atoms in total. The fraction of sp³-hybridized carbons (Fsp3) is 0.467. The van der Waals surface area contributed by atoms with E-state index in [-0.39, 0.29) is 24.7 Å². The molecular weight excluding hydrogens is 258 g/mol. The highest BCUT2D eigenvalue weighted by atomic mass is 16.5. The second-order valence-corrected chi connectivity index (χ2v) is 4.20. The van der Waals surface area contributed by atoms with Crippen molar-refractivity contribution in [3.8, 4) is 5.75 Å². The molecular formula is C15H21NO4. The first-order valence-corrected chi connectivity index (χ1v) is 6.84. The summed E-state index contributed by atoms with van der Waals surface area (Å²) in [7, 11) is 0. The van der Waals surface area contributed by atoms with Crippen molar-refractivity contribution in [2.75, 3.05) is 18.5 Å². The molecule has 0 heterocycles. The quantitative estimate of drug-likeness (QED) is 0.743. The van der Waals surface area contributed by atoms with E-state index >= 15 is 0 Å². The SMILES string of the molecule is CCCOc1ccccc1NC(=O)CCC(=O)OCC. The third-order valence-electron chi connectivity index (χ3n) is 2.48. The van der Waals surface area contributed by atoms with Crippen molar-refractivity contribution < 1.29 is 19.1 Å². The Bertz CT molecular complexity index is 445. The van der Waals surface area contributed by atoms with Crippen molar-refractivity contribution in [1.29, 1.82) is 0 Å². The van der Waals surface area contributed by atoms with Crippen LogP contribution < -0.4 is 10.1 Å². The minimum atomic E-state index is -0.363. The second kappa shape index (κ2) is 8.96. The first-order valence-electron chi connectivity index (χ1n) is 6.84. The van der Waals surface area contributed by atoms with E-state index in [1.807, 2.05) is 19.1 Å². The molecule has 0 atom stereocenters. The van der Waals surface area contributed by atoms with Crippen LogP contribution in [0.4, 0.5) is 5.69 Å². The molecule has 5 heteroatoms. The first-order chi connectivity index (χ1) is 9.67. The summed E-state index contributed by atoms with van der Waals surface area (Å²) in [6.45, 7) is 4.67. The number of hydrogen-bond donors (Lipinski definition) is 1. The van der Waals surface area contributed by atoms with E-state index in [9.17, 15) is 9.59 Å². The van der Waals surface area contributed by atoms with Crippen molar-refractivity contribution in [1.82, 2.24) is 0 Å². The van der Waals surface area contributed by atoms with Crippen LogP contribution in [0, 0.1) is 0 Å². The molecule has 20 heavy (non-hydrogen) atoms. The summed E-state index contributed by atoms with van der Waals surface area (Å²) in [5, 5.41) is 2.75. The molecule has 1 aromatic rings. The first kappa shape index (κ1) is 16.0. The molecule has 0 aliphatic carbocycles. The largest absolute Gasteiger partial charge is 0.491 e. The van der Waals surface area contributed by atoms with Gasteiger partial charge in [0.25, 0.3) is 0 Å². The molecule has 0 unspecified atom stereocenters. The summed E-state index contributed by atoms with van der Waals surface area (Å²) in [5.41, 5.74) is 0.620. The van der Waals surface area contributed by atoms with Gasteiger partial charge in [0.05, 0.1) is 25.3 Å². The number of amides is 1. The smallest absolute Gasteiger partial charge is 0.306 e. The summed E-state index contributed by atoms with van der Waals surface area (Å²) in [6, 6.07) is 7.24. The Morgan fingerprint density at radius 2 is 1.90 bits per heavy atom. The van der Waals surface area contributed by atoms with Crippen LogP contribution in [-0.4, -0.2) is 25.1 Å². The van der Waals surface area contributed by atoms with Crippen LogP contribution in [0.1, 0.15) is 33.1 Å². The topological polar surface area (TPSA) is 64.6 Å². The molecule has 1 amide bonds. The van der Waals surface area contributed by atoms with Gasteiger partial charge in [0.15, 0.2) is 0 Å². The zero-order valence-corrected chi connectivity index (χ0v) is 12.0. The van der Waals surface area contributed by atoms with Crippen molar-refractivity contribution in [2.24, 2.45) is 0 Å². The molecule has 0 saturated heterocycles. The minimum Gasteiger partial charge on any atom is -0.491 e. The minimum absolute atomic E-state index is 0.0810. The maximum Gasteiger partial charge on any atom is 0.306 e. The standard InChI is InChI=1S/C15H21NO4/c1-3-11-20-13-8-6-5-7-12(13)16-14(17)9-10-15(18)19-4-2/h5-8H,3-4,9-11H2,1-2H3,(H,16,17). The normalized spacial score (nSPS) is 9.90. The molecule has 0 aliphatic heterocycles. The highest BCUT2D eigenvalue weighted by Crippen LogP contribution is 2.24. The van der Waals surface area contributed by atoms with E-state index < -0.39 is 0 Å². The number of benzene rings is 1. The summed E-state index contributed by atoms with van der Waals surface area (Å²) >= 11 is 0. The van der Waals surface area contributed by atoms with E-state index in [4.69, 9.17) is 9.47 Å². The van der Waals surface area contributed by atoms with E-state index in [0.29, 0.717) is 24.7 Å². The van der Waals surface area contributed by atoms with Gasteiger partial charge < -0.3 is 14.8 Å². The van der Waals surface area contributed by atoms with Gasteiger partial charge in [-0.05, 0) is 25.5 Å². The van der Waals surface area contributed by atoms with Gasteiger partial charge in [-0.3, -0.25) is 9.59 Å². The zero-order chi connectivity index (χ0) is 14.8. The van der Waals surface area contributed by atoms with Crippen molar-refractivity contribution in [2.45, 2.75) is 33.1 Å². The Labute approximate surface area is 119 Å². The van der Waals surface area contributed by atoms with Gasteiger partial charge >= 0.3 is 5.97 Å². The summed E-state index contributed by atoms with van der Waals surface area (Å²) in [6.07, 6.45) is 1.07. The Balaban J connectivity index is 2.50. The number of para-hydroxylation sites is 2. The van der Waals surface area contributed by atoms with E-state index in [1.54, 1.807) is 19.1 Å². The molecule has 0 radical (unpaired) electrons. The molecule has 0 aliphatic rings. The van der Waals surface area contributed by atoms with Gasteiger partial charge in [0, 0.05) is 6.42 Å². The highest BCUT2D eigenvalue weighted by molar-refractivity contribution is 5.93. The monoisotopic (exact) mass is 279 g/mol. The maximum absolute atomic E-state index is 11.8. The summed E-state index contributed by atoms with van der Waals surface area (Å²) in [4.78, 5) is 23.0. The maximum atomic E-state index is 11.8. The molecule has 1 rings (SSSR count). The third kappa shape index (κ3) is 5.73. The van der Waals surface area contributed by atoms with Crippen LogP contribution in [0.25, 0.3) is 0 Å². The van der Waals surface area contributed by atoms with Crippen LogP contribution in [-0.2, 0) is 14.3 Å². The Morgan fingerprint density at radius 3 is 2.60 bits per heavy atom. The van der Waals surface area contributed by atoms with Gasteiger partial charge in [-0.1, -0.05) is 19.1 Å². The Morgan fingerprint density at radius 1 is 1.15 bits per heavy atom. The van der Waals surface area contributed by atoms with Gasteiger partial charge in [0.1, 0.15) is 5.75 Å². The van der Waals surface area contributed by atoms with Gasteiger partial charge in [-0.15, -0.1) is 0 Å². The van der Waals surface area contributed by atoms with Crippen molar-refractivity contribution in [3.63, 3.8) is 0 Å². The van der Waals surface area contributed by atoms with Crippen molar-refractivity contribution in [3.05, 3.63) is 24.3 Å². The predicted molar refractivity (Wildman–Crippen MR) is 76.7 cm³/mol. The van der Waals surface area contributed by atoms with Gasteiger partial charge in [0.2, 0.25) is 5.91 Å². The number of ether oxygens (including phenoxy) is 2. The third-order valence-corrected chi connectivity index (χ3v) is 2.48. The molecule has 1 N–H and O–H groups in total. The van der Waals surface area contributed by atoms with E-state index in [0.717, 1.165) is 6.42 Å². The lowest BCUT2D eigenvalue weighted by Gasteiger charge is -2.11. The number of carbonyl (C=O) groups is 2. The summed E-state index contributed by atoms with van der Waals surface area (Å²) in [5.74, 6) is 0.0441. The molecule has 0 bridgehead atoms. The van der Waals surface area contributed by atoms with Crippen LogP contribution in [0.3, 0.4) is 0 Å². The molecule has 0 aromatic heterocycles. The number of esters is 1. The predicted octanol–water partition coefficient (Wildman–Crippen LogP) is 2.76. The lowest BCUT2D eigenvalue weighted by Crippen LogP contribution is -2.15. The Hall–Kier alpha value is -2.04.